The van der Waals surface area contributed by atoms with Gasteiger partial charge in [0.15, 0.2) is 0 Å². The van der Waals surface area contributed by atoms with E-state index in [4.69, 9.17) is 9.47 Å². The summed E-state index contributed by atoms with van der Waals surface area (Å²) < 4.78 is 10.9. The third-order valence-electron chi connectivity index (χ3n) is 2.62. The molecule has 2 rings (SSSR count). The van der Waals surface area contributed by atoms with Gasteiger partial charge in [0.1, 0.15) is 0 Å². The van der Waals surface area contributed by atoms with Gasteiger partial charge in [0.25, 0.3) is 0 Å². The Morgan fingerprint density at radius 1 is 0.846 bits per heavy atom. The maximum atomic E-state index is 5.46. The summed E-state index contributed by atoms with van der Waals surface area (Å²) in [6.45, 7) is 3.86. The Bertz CT molecular complexity index is 124. The van der Waals surface area contributed by atoms with Crippen LogP contribution in [0.25, 0.3) is 0 Å². The van der Waals surface area contributed by atoms with E-state index in [0.29, 0.717) is 0 Å². The Morgan fingerprint density at radius 3 is 1.77 bits per heavy atom. The highest BCUT2D eigenvalue weighted by molar-refractivity contribution is 8.00. The van der Waals surface area contributed by atoms with Crippen molar-refractivity contribution in [2.24, 2.45) is 0 Å². The molecule has 0 N–H and O–H groups in total. The second-order valence-electron chi connectivity index (χ2n) is 3.81. The molecule has 2 heterocycles. The third kappa shape index (κ3) is 3.15. The largest absolute Gasteiger partial charge is 0.380 e. The molecule has 0 amide bonds. The maximum absolute atomic E-state index is 5.46. The maximum Gasteiger partial charge on any atom is 0.0585 e. The van der Waals surface area contributed by atoms with E-state index in [1.54, 1.807) is 0 Å². The van der Waals surface area contributed by atoms with Crippen molar-refractivity contribution in [2.75, 3.05) is 26.4 Å². The van der Waals surface area contributed by atoms with Crippen LogP contribution >= 0.6 is 11.8 Å². The number of ether oxygens (including phenoxy) is 2. The highest BCUT2D eigenvalue weighted by Crippen LogP contribution is 2.29. The summed E-state index contributed by atoms with van der Waals surface area (Å²) in [7, 11) is 0. The monoisotopic (exact) mass is 202 g/mol. The van der Waals surface area contributed by atoms with Crippen LogP contribution in [-0.4, -0.2) is 36.9 Å². The summed E-state index contributed by atoms with van der Waals surface area (Å²) in [5.74, 6) is 0. The van der Waals surface area contributed by atoms with Gasteiger partial charge in [-0.25, -0.2) is 0 Å². The molecule has 2 aliphatic heterocycles. The smallest absolute Gasteiger partial charge is 0.0585 e. The second-order valence-corrected chi connectivity index (χ2v) is 5.42. The van der Waals surface area contributed by atoms with Gasteiger partial charge in [-0.15, -0.1) is 0 Å². The van der Waals surface area contributed by atoms with E-state index in [-0.39, 0.29) is 0 Å². The molecule has 0 aromatic rings. The van der Waals surface area contributed by atoms with Gasteiger partial charge in [0.2, 0.25) is 0 Å². The molecule has 2 saturated heterocycles. The lowest BCUT2D eigenvalue weighted by Gasteiger charge is -2.28. The molecule has 0 aromatic heterocycles. The molecule has 2 aliphatic rings. The third-order valence-corrected chi connectivity index (χ3v) is 4.14. The molecule has 76 valence electrons. The molecule has 0 spiro atoms. The van der Waals surface area contributed by atoms with Gasteiger partial charge in [-0.05, 0) is 25.7 Å². The van der Waals surface area contributed by atoms with Gasteiger partial charge in [-0.3, -0.25) is 0 Å². The first-order chi connectivity index (χ1) is 6.45. The zero-order valence-corrected chi connectivity index (χ0v) is 8.85. The van der Waals surface area contributed by atoms with Crippen LogP contribution < -0.4 is 0 Å². The molecule has 0 aromatic carbocycles. The standard InChI is InChI=1S/C10H18O2S/c1-3-9(7-11-5-1)13-10-4-2-6-12-8-10/h9-10H,1-8H2. The van der Waals surface area contributed by atoms with Crippen molar-refractivity contribution in [3.63, 3.8) is 0 Å². The van der Waals surface area contributed by atoms with Gasteiger partial charge < -0.3 is 9.47 Å². The molecule has 0 bridgehead atoms. The van der Waals surface area contributed by atoms with E-state index in [1.807, 2.05) is 0 Å². The summed E-state index contributed by atoms with van der Waals surface area (Å²) in [4.78, 5) is 0. The van der Waals surface area contributed by atoms with Crippen molar-refractivity contribution >= 4 is 11.8 Å². The molecule has 2 unspecified atom stereocenters. The zero-order valence-electron chi connectivity index (χ0n) is 8.04. The molecule has 0 aliphatic carbocycles. The first-order valence-electron chi connectivity index (χ1n) is 5.26. The molecular weight excluding hydrogens is 184 g/mol. The summed E-state index contributed by atoms with van der Waals surface area (Å²) in [6.07, 6.45) is 5.15. The van der Waals surface area contributed by atoms with E-state index in [2.05, 4.69) is 11.8 Å². The van der Waals surface area contributed by atoms with Crippen molar-refractivity contribution in [2.45, 2.75) is 36.2 Å². The van der Waals surface area contributed by atoms with Crippen LogP contribution in [0.1, 0.15) is 25.7 Å². The Morgan fingerprint density at radius 2 is 1.38 bits per heavy atom. The fourth-order valence-electron chi connectivity index (χ4n) is 1.91. The average molecular weight is 202 g/mol. The van der Waals surface area contributed by atoms with Crippen molar-refractivity contribution in [1.82, 2.24) is 0 Å². The molecule has 0 saturated carbocycles. The predicted molar refractivity (Wildman–Crippen MR) is 55.3 cm³/mol. The number of rotatable bonds is 2. The number of hydrogen-bond donors (Lipinski definition) is 0. The summed E-state index contributed by atoms with van der Waals surface area (Å²) in [5, 5.41) is 1.47. The van der Waals surface area contributed by atoms with Crippen LogP contribution in [0.2, 0.25) is 0 Å². The van der Waals surface area contributed by atoms with Gasteiger partial charge in [0.05, 0.1) is 13.2 Å². The van der Waals surface area contributed by atoms with Gasteiger partial charge in [0, 0.05) is 23.7 Å². The fraction of sp³-hybridized carbons (Fsp3) is 1.00. The number of thioether (sulfide) groups is 1. The minimum Gasteiger partial charge on any atom is -0.380 e. The average Bonchev–Trinajstić information content (AvgIpc) is 2.21. The second kappa shape index (κ2) is 5.23. The van der Waals surface area contributed by atoms with Crippen LogP contribution in [0, 0.1) is 0 Å². The molecule has 3 heteroatoms. The Balaban J connectivity index is 1.69. The van der Waals surface area contributed by atoms with Crippen LogP contribution in [0.3, 0.4) is 0 Å². The first-order valence-corrected chi connectivity index (χ1v) is 6.20. The predicted octanol–water partition coefficient (Wildman–Crippen LogP) is 2.08. The highest BCUT2D eigenvalue weighted by atomic mass is 32.2. The van der Waals surface area contributed by atoms with Crippen molar-refractivity contribution in [3.05, 3.63) is 0 Å². The summed E-state index contributed by atoms with van der Waals surface area (Å²) in [6, 6.07) is 0. The molecule has 13 heavy (non-hydrogen) atoms. The molecule has 2 nitrogen and oxygen atoms in total. The molecule has 2 atom stereocenters. The van der Waals surface area contributed by atoms with Crippen molar-refractivity contribution < 1.29 is 9.47 Å². The molecule has 0 radical (unpaired) electrons. The quantitative estimate of drug-likeness (QED) is 0.683. The molecule has 2 fully saturated rings. The zero-order chi connectivity index (χ0) is 8.93. The van der Waals surface area contributed by atoms with Gasteiger partial charge >= 0.3 is 0 Å². The van der Waals surface area contributed by atoms with E-state index in [0.717, 1.165) is 36.9 Å². The summed E-state index contributed by atoms with van der Waals surface area (Å²) >= 11 is 2.09. The minimum atomic E-state index is 0.737. The lowest BCUT2D eigenvalue weighted by Crippen LogP contribution is -2.26. The van der Waals surface area contributed by atoms with Crippen LogP contribution in [0.4, 0.5) is 0 Å². The van der Waals surface area contributed by atoms with Crippen molar-refractivity contribution in [3.8, 4) is 0 Å². The van der Waals surface area contributed by atoms with E-state index in [9.17, 15) is 0 Å². The Kier molecular flexibility index (Phi) is 3.94. The van der Waals surface area contributed by atoms with Crippen LogP contribution in [0.5, 0.6) is 0 Å². The normalized spacial score (nSPS) is 36.0. The Hall–Kier alpha value is 0.270. The number of hydrogen-bond acceptors (Lipinski definition) is 3. The lowest BCUT2D eigenvalue weighted by atomic mass is 10.2. The lowest BCUT2D eigenvalue weighted by molar-refractivity contribution is 0.0947. The van der Waals surface area contributed by atoms with E-state index < -0.39 is 0 Å². The highest BCUT2D eigenvalue weighted by Gasteiger charge is 2.21. The van der Waals surface area contributed by atoms with E-state index >= 15 is 0 Å². The van der Waals surface area contributed by atoms with E-state index in [1.165, 1.54) is 25.7 Å². The van der Waals surface area contributed by atoms with Crippen LogP contribution in [0.15, 0.2) is 0 Å². The molecular formula is C10H18O2S. The van der Waals surface area contributed by atoms with Gasteiger partial charge in [-0.1, -0.05) is 0 Å². The summed E-state index contributed by atoms with van der Waals surface area (Å²) in [5.41, 5.74) is 0. The fourth-order valence-corrected chi connectivity index (χ4v) is 3.41. The topological polar surface area (TPSA) is 18.5 Å². The first kappa shape index (κ1) is 9.81. The van der Waals surface area contributed by atoms with Crippen LogP contribution in [-0.2, 0) is 9.47 Å². The Labute approximate surface area is 84.4 Å². The van der Waals surface area contributed by atoms with Crippen molar-refractivity contribution in [1.29, 1.82) is 0 Å². The minimum absolute atomic E-state index is 0.737. The van der Waals surface area contributed by atoms with Gasteiger partial charge in [-0.2, -0.15) is 11.8 Å². The SMILES string of the molecule is C1COCC(SC2CCCOC2)C1.